The maximum Gasteiger partial charge on any atom is 0.123 e. The van der Waals surface area contributed by atoms with E-state index >= 15 is 0 Å². The van der Waals surface area contributed by atoms with Crippen LogP contribution in [-0.2, 0) is 0 Å². The second-order valence-corrected chi connectivity index (χ2v) is 4.48. The van der Waals surface area contributed by atoms with Crippen molar-refractivity contribution in [3.05, 3.63) is 65.4 Å². The lowest BCUT2D eigenvalue weighted by molar-refractivity contribution is 0.629. The summed E-state index contributed by atoms with van der Waals surface area (Å²) in [6.07, 6.45) is 0. The van der Waals surface area contributed by atoms with Gasteiger partial charge in [-0.15, -0.1) is 0 Å². The van der Waals surface area contributed by atoms with E-state index in [1.807, 2.05) is 36.4 Å². The lowest BCUT2D eigenvalue weighted by Crippen LogP contribution is -1.86. The minimum Gasteiger partial charge on any atom is -0.248 e. The Morgan fingerprint density at radius 3 is 2.44 bits per heavy atom. The Balaban J connectivity index is 2.13. The Bertz CT molecular complexity index is 707. The van der Waals surface area contributed by atoms with Gasteiger partial charge in [-0.25, -0.2) is 9.37 Å². The quantitative estimate of drug-likeness (QED) is 0.616. The smallest absolute Gasteiger partial charge is 0.123 e. The molecular formula is C15H9ClFN. The third kappa shape index (κ3) is 2.07. The van der Waals surface area contributed by atoms with E-state index in [-0.39, 0.29) is 5.82 Å². The van der Waals surface area contributed by atoms with Crippen LogP contribution in [0.25, 0.3) is 22.2 Å². The van der Waals surface area contributed by atoms with Crippen LogP contribution in [0.4, 0.5) is 4.39 Å². The van der Waals surface area contributed by atoms with Crippen LogP contribution in [0.1, 0.15) is 0 Å². The third-order valence-electron chi connectivity index (χ3n) is 2.79. The zero-order chi connectivity index (χ0) is 12.5. The number of aromatic nitrogens is 1. The SMILES string of the molecule is Fc1ccc2nc(-c3ccc(Cl)cc3)ccc2c1. The number of rotatable bonds is 1. The highest BCUT2D eigenvalue weighted by atomic mass is 35.5. The maximum absolute atomic E-state index is 13.1. The van der Waals surface area contributed by atoms with Crippen LogP contribution < -0.4 is 0 Å². The molecule has 0 aliphatic carbocycles. The number of halogens is 2. The molecule has 0 N–H and O–H groups in total. The molecule has 2 aromatic carbocycles. The monoisotopic (exact) mass is 257 g/mol. The van der Waals surface area contributed by atoms with Crippen molar-refractivity contribution in [1.82, 2.24) is 4.98 Å². The predicted molar refractivity (Wildman–Crippen MR) is 72.1 cm³/mol. The molecule has 0 fully saturated rings. The normalized spacial score (nSPS) is 10.8. The molecule has 0 amide bonds. The third-order valence-corrected chi connectivity index (χ3v) is 3.04. The molecule has 1 heterocycles. The van der Waals surface area contributed by atoms with E-state index in [2.05, 4.69) is 4.98 Å². The summed E-state index contributed by atoms with van der Waals surface area (Å²) in [6.45, 7) is 0. The Labute approximate surface area is 109 Å². The first kappa shape index (κ1) is 11.2. The Kier molecular flexibility index (Phi) is 2.73. The van der Waals surface area contributed by atoms with Gasteiger partial charge in [0.15, 0.2) is 0 Å². The van der Waals surface area contributed by atoms with E-state index in [0.717, 1.165) is 22.2 Å². The molecular weight excluding hydrogens is 249 g/mol. The van der Waals surface area contributed by atoms with Crippen molar-refractivity contribution in [1.29, 1.82) is 0 Å². The zero-order valence-electron chi connectivity index (χ0n) is 9.40. The first-order chi connectivity index (χ1) is 8.72. The highest BCUT2D eigenvalue weighted by molar-refractivity contribution is 6.30. The van der Waals surface area contributed by atoms with Gasteiger partial charge in [-0.05, 0) is 36.4 Å². The topological polar surface area (TPSA) is 12.9 Å². The van der Waals surface area contributed by atoms with E-state index in [1.54, 1.807) is 6.07 Å². The van der Waals surface area contributed by atoms with Crippen molar-refractivity contribution < 1.29 is 4.39 Å². The van der Waals surface area contributed by atoms with Gasteiger partial charge >= 0.3 is 0 Å². The summed E-state index contributed by atoms with van der Waals surface area (Å²) in [7, 11) is 0. The maximum atomic E-state index is 13.1. The standard InChI is InChI=1S/C15H9ClFN/c16-12-4-1-10(2-5-12)14-7-3-11-9-13(17)6-8-15(11)18-14/h1-9H. The van der Waals surface area contributed by atoms with Gasteiger partial charge in [0.25, 0.3) is 0 Å². The van der Waals surface area contributed by atoms with Gasteiger partial charge in [-0.3, -0.25) is 0 Å². The van der Waals surface area contributed by atoms with Crippen LogP contribution in [0.5, 0.6) is 0 Å². The molecule has 3 rings (SSSR count). The fourth-order valence-corrected chi connectivity index (χ4v) is 2.00. The average molecular weight is 258 g/mol. The molecule has 88 valence electrons. The van der Waals surface area contributed by atoms with Gasteiger partial charge < -0.3 is 0 Å². The Morgan fingerprint density at radius 1 is 0.889 bits per heavy atom. The first-order valence-corrected chi connectivity index (χ1v) is 5.92. The second-order valence-electron chi connectivity index (χ2n) is 4.04. The molecule has 18 heavy (non-hydrogen) atoms. The Morgan fingerprint density at radius 2 is 1.67 bits per heavy atom. The highest BCUT2D eigenvalue weighted by Crippen LogP contribution is 2.22. The van der Waals surface area contributed by atoms with Crippen LogP contribution in [0, 0.1) is 5.82 Å². The van der Waals surface area contributed by atoms with Crippen molar-refractivity contribution in [2.75, 3.05) is 0 Å². The van der Waals surface area contributed by atoms with Crippen molar-refractivity contribution in [3.63, 3.8) is 0 Å². The number of hydrogen-bond donors (Lipinski definition) is 0. The summed E-state index contributed by atoms with van der Waals surface area (Å²) in [4.78, 5) is 4.51. The molecule has 0 unspecified atom stereocenters. The minimum atomic E-state index is -0.247. The Hall–Kier alpha value is -1.93. The number of fused-ring (bicyclic) bond motifs is 1. The summed E-state index contributed by atoms with van der Waals surface area (Å²) in [5.74, 6) is -0.247. The molecule has 0 spiro atoms. The second kappa shape index (κ2) is 4.39. The molecule has 3 aromatic rings. The van der Waals surface area contributed by atoms with E-state index in [1.165, 1.54) is 12.1 Å². The molecule has 1 aromatic heterocycles. The van der Waals surface area contributed by atoms with E-state index < -0.39 is 0 Å². The summed E-state index contributed by atoms with van der Waals surface area (Å²) in [6, 6.07) is 15.8. The van der Waals surface area contributed by atoms with E-state index in [4.69, 9.17) is 11.6 Å². The van der Waals surface area contributed by atoms with Gasteiger partial charge in [0.05, 0.1) is 11.2 Å². The largest absolute Gasteiger partial charge is 0.248 e. The molecule has 0 saturated carbocycles. The molecule has 0 atom stereocenters. The van der Waals surface area contributed by atoms with E-state index in [9.17, 15) is 4.39 Å². The van der Waals surface area contributed by atoms with Gasteiger partial charge in [0.1, 0.15) is 5.82 Å². The highest BCUT2D eigenvalue weighted by Gasteiger charge is 2.02. The van der Waals surface area contributed by atoms with Gasteiger partial charge in [-0.2, -0.15) is 0 Å². The lowest BCUT2D eigenvalue weighted by Gasteiger charge is -2.03. The zero-order valence-corrected chi connectivity index (χ0v) is 10.2. The molecule has 0 aliphatic heterocycles. The van der Waals surface area contributed by atoms with Gasteiger partial charge in [0.2, 0.25) is 0 Å². The number of nitrogens with zero attached hydrogens (tertiary/aromatic N) is 1. The minimum absolute atomic E-state index is 0.247. The molecule has 0 radical (unpaired) electrons. The van der Waals surface area contributed by atoms with Crippen LogP contribution in [0.2, 0.25) is 5.02 Å². The van der Waals surface area contributed by atoms with Crippen LogP contribution in [-0.4, -0.2) is 4.98 Å². The number of pyridine rings is 1. The van der Waals surface area contributed by atoms with E-state index in [0.29, 0.717) is 5.02 Å². The molecule has 3 heteroatoms. The van der Waals surface area contributed by atoms with Crippen LogP contribution in [0.3, 0.4) is 0 Å². The average Bonchev–Trinajstić information content (AvgIpc) is 2.39. The number of hydrogen-bond acceptors (Lipinski definition) is 1. The summed E-state index contributed by atoms with van der Waals surface area (Å²) in [5, 5.41) is 1.49. The molecule has 0 saturated heterocycles. The first-order valence-electron chi connectivity index (χ1n) is 5.55. The molecule has 1 nitrogen and oxygen atoms in total. The molecule has 0 aliphatic rings. The van der Waals surface area contributed by atoms with Gasteiger partial charge in [-0.1, -0.05) is 29.8 Å². The summed E-state index contributed by atoms with van der Waals surface area (Å²) < 4.78 is 13.1. The van der Waals surface area contributed by atoms with Gasteiger partial charge in [0, 0.05) is 16.0 Å². The lowest BCUT2D eigenvalue weighted by atomic mass is 10.1. The van der Waals surface area contributed by atoms with Crippen molar-refractivity contribution in [2.45, 2.75) is 0 Å². The van der Waals surface area contributed by atoms with Crippen molar-refractivity contribution >= 4 is 22.5 Å². The summed E-state index contributed by atoms with van der Waals surface area (Å²) >= 11 is 5.85. The fourth-order valence-electron chi connectivity index (χ4n) is 1.88. The predicted octanol–water partition coefficient (Wildman–Crippen LogP) is 4.69. The number of benzene rings is 2. The molecule has 0 bridgehead atoms. The van der Waals surface area contributed by atoms with Crippen molar-refractivity contribution in [2.24, 2.45) is 0 Å². The van der Waals surface area contributed by atoms with Crippen LogP contribution >= 0.6 is 11.6 Å². The van der Waals surface area contributed by atoms with Crippen LogP contribution in [0.15, 0.2) is 54.6 Å². The van der Waals surface area contributed by atoms with Crippen molar-refractivity contribution in [3.8, 4) is 11.3 Å². The fraction of sp³-hybridized carbons (Fsp3) is 0. The summed E-state index contributed by atoms with van der Waals surface area (Å²) in [5.41, 5.74) is 2.63.